The number of hydrogen-bond acceptors (Lipinski definition) is 6. The van der Waals surface area contributed by atoms with Gasteiger partial charge in [0, 0.05) is 0 Å². The number of rotatable bonds is 0. The summed E-state index contributed by atoms with van der Waals surface area (Å²) in [5.41, 5.74) is 0. The molecule has 1 aromatic heterocycles. The van der Waals surface area contributed by atoms with Gasteiger partial charge in [-0.3, -0.25) is 0 Å². The molecule has 3 heterocycles. The molecule has 0 spiro atoms. The zero-order valence-corrected chi connectivity index (χ0v) is 14.1. The molecule has 0 aliphatic carbocycles. The molecule has 1 aromatic rings. The molecule has 0 saturated carbocycles. The Morgan fingerprint density at radius 3 is 1.56 bits per heavy atom. The first-order chi connectivity index (χ1) is 8.54. The number of hydrogen-bond donors (Lipinski definition) is 0. The van der Waals surface area contributed by atoms with Crippen LogP contribution >= 0.6 is 70.2 Å². The molecular formula is C10H6Cl2N2S4. The number of aromatic nitrogens is 2. The summed E-state index contributed by atoms with van der Waals surface area (Å²) in [6.07, 6.45) is 0. The predicted octanol–water partition coefficient (Wildman–Crippen LogP) is 5.84. The number of nitrogens with zero attached hydrogens (tertiary/aromatic N) is 2. The summed E-state index contributed by atoms with van der Waals surface area (Å²) in [7, 11) is 0. The Bertz CT molecular complexity index is 563. The highest BCUT2D eigenvalue weighted by Gasteiger charge is 2.28. The molecule has 0 radical (unpaired) electrons. The molecule has 2 aliphatic rings. The molecule has 94 valence electrons. The fraction of sp³-hybridized carbons (Fsp3) is 0.200. The van der Waals surface area contributed by atoms with E-state index in [-0.39, 0.29) is 10.3 Å². The van der Waals surface area contributed by atoms with Crippen LogP contribution in [0.4, 0.5) is 0 Å². The maximum absolute atomic E-state index is 5.88. The molecule has 2 nitrogen and oxygen atoms in total. The van der Waals surface area contributed by atoms with Crippen LogP contribution in [0.1, 0.15) is 13.8 Å². The monoisotopic (exact) mass is 352 g/mol. The lowest BCUT2D eigenvalue weighted by Crippen LogP contribution is -1.86. The molecule has 0 saturated heterocycles. The lowest BCUT2D eigenvalue weighted by Gasteiger charge is -1.98. The summed E-state index contributed by atoms with van der Waals surface area (Å²) < 4.78 is 2.52. The molecule has 0 atom stereocenters. The Morgan fingerprint density at radius 1 is 0.722 bits per heavy atom. The van der Waals surface area contributed by atoms with Gasteiger partial charge in [-0.25, -0.2) is 9.97 Å². The van der Waals surface area contributed by atoms with Crippen LogP contribution in [0.15, 0.2) is 28.3 Å². The highest BCUT2D eigenvalue weighted by atomic mass is 35.5. The van der Waals surface area contributed by atoms with Gasteiger partial charge in [-0.2, -0.15) is 0 Å². The quantitative estimate of drug-likeness (QED) is 0.581. The molecule has 0 amide bonds. The van der Waals surface area contributed by atoms with Gasteiger partial charge in [0.1, 0.15) is 10.1 Å². The first kappa shape index (κ1) is 13.5. The van der Waals surface area contributed by atoms with Crippen LogP contribution in [-0.4, -0.2) is 9.97 Å². The van der Waals surface area contributed by atoms with Gasteiger partial charge >= 0.3 is 0 Å². The maximum atomic E-state index is 5.88. The Labute approximate surface area is 132 Å². The van der Waals surface area contributed by atoms with Crippen molar-refractivity contribution in [3.63, 3.8) is 0 Å². The zero-order valence-electron chi connectivity index (χ0n) is 9.28. The van der Waals surface area contributed by atoms with Crippen LogP contribution in [0.5, 0.6) is 0 Å². The molecule has 2 aliphatic heterocycles. The van der Waals surface area contributed by atoms with Gasteiger partial charge in [0.2, 0.25) is 0 Å². The summed E-state index contributed by atoms with van der Waals surface area (Å²) in [5.74, 6) is 0. The molecule has 3 rings (SSSR count). The smallest absolute Gasteiger partial charge is 0.167 e. The van der Waals surface area contributed by atoms with E-state index in [1.54, 1.807) is 23.5 Å². The number of fused-ring (bicyclic) bond motifs is 1. The van der Waals surface area contributed by atoms with E-state index in [1.165, 1.54) is 18.3 Å². The molecule has 18 heavy (non-hydrogen) atoms. The Balaban J connectivity index is 1.92. The second kappa shape index (κ2) is 5.14. The second-order valence-electron chi connectivity index (χ2n) is 3.51. The van der Waals surface area contributed by atoms with Crippen molar-refractivity contribution in [2.45, 2.75) is 23.9 Å². The Morgan fingerprint density at radius 2 is 1.11 bits per heavy atom. The molecular weight excluding hydrogens is 347 g/mol. The fourth-order valence-corrected chi connectivity index (χ4v) is 6.78. The van der Waals surface area contributed by atoms with Crippen molar-refractivity contribution in [2.24, 2.45) is 0 Å². The summed E-state index contributed by atoms with van der Waals surface area (Å²) in [5, 5.41) is 2.24. The van der Waals surface area contributed by atoms with Crippen molar-refractivity contribution < 1.29 is 0 Å². The summed E-state index contributed by atoms with van der Waals surface area (Å²) in [4.78, 5) is 11.2. The van der Waals surface area contributed by atoms with Crippen molar-refractivity contribution >= 4 is 70.2 Å². The molecule has 0 unspecified atom stereocenters. The van der Waals surface area contributed by atoms with Crippen molar-refractivity contribution in [3.8, 4) is 0 Å². The van der Waals surface area contributed by atoms with Crippen molar-refractivity contribution in [2.75, 3.05) is 0 Å². The van der Waals surface area contributed by atoms with E-state index in [2.05, 4.69) is 23.8 Å². The minimum atomic E-state index is 0.270. The van der Waals surface area contributed by atoms with E-state index in [9.17, 15) is 0 Å². The molecule has 0 N–H and O–H groups in total. The number of halogens is 2. The summed E-state index contributed by atoms with van der Waals surface area (Å²) >= 11 is 18.6. The van der Waals surface area contributed by atoms with Crippen molar-refractivity contribution in [1.82, 2.24) is 9.97 Å². The first-order valence-electron chi connectivity index (χ1n) is 4.91. The first-order valence-corrected chi connectivity index (χ1v) is 8.93. The van der Waals surface area contributed by atoms with E-state index in [0.717, 1.165) is 10.1 Å². The van der Waals surface area contributed by atoms with Crippen LogP contribution in [-0.2, 0) is 0 Å². The van der Waals surface area contributed by atoms with E-state index in [4.69, 9.17) is 23.2 Å². The van der Waals surface area contributed by atoms with E-state index in [1.807, 2.05) is 23.5 Å². The van der Waals surface area contributed by atoms with E-state index < -0.39 is 0 Å². The van der Waals surface area contributed by atoms with Crippen LogP contribution in [0.25, 0.3) is 0 Å². The highest BCUT2D eigenvalue weighted by Crippen LogP contribution is 2.59. The Kier molecular flexibility index (Phi) is 3.86. The van der Waals surface area contributed by atoms with Crippen LogP contribution in [0, 0.1) is 0 Å². The van der Waals surface area contributed by atoms with Gasteiger partial charge in [0.15, 0.2) is 10.3 Å². The van der Waals surface area contributed by atoms with Gasteiger partial charge in [0.05, 0.1) is 8.47 Å². The molecule has 0 fully saturated rings. The lowest BCUT2D eigenvalue weighted by atomic mass is 10.6. The average Bonchev–Trinajstić information content (AvgIpc) is 2.84. The second-order valence-corrected chi connectivity index (χ2v) is 9.19. The van der Waals surface area contributed by atoms with Crippen molar-refractivity contribution in [3.05, 3.63) is 28.6 Å². The standard InChI is InChI=1S/C10H6Cl2N2S4/c1-3-4(2)16-9(15-3)10-17-7-8(18-10)14-6(12)5(11)13-7/h1-2H3. The average molecular weight is 353 g/mol. The molecule has 0 bridgehead atoms. The van der Waals surface area contributed by atoms with Gasteiger partial charge in [-0.1, -0.05) is 70.2 Å². The van der Waals surface area contributed by atoms with Gasteiger partial charge in [-0.05, 0) is 23.7 Å². The Hall–Kier alpha value is 0.540. The van der Waals surface area contributed by atoms with Crippen LogP contribution < -0.4 is 0 Å². The van der Waals surface area contributed by atoms with Crippen molar-refractivity contribution in [1.29, 1.82) is 0 Å². The number of thioether (sulfide) groups is 4. The zero-order chi connectivity index (χ0) is 12.9. The van der Waals surface area contributed by atoms with Gasteiger partial charge in [0.25, 0.3) is 0 Å². The van der Waals surface area contributed by atoms with Crippen LogP contribution in [0.3, 0.4) is 0 Å². The third-order valence-corrected chi connectivity index (χ3v) is 8.42. The van der Waals surface area contributed by atoms with Gasteiger partial charge < -0.3 is 0 Å². The normalized spacial score (nSPS) is 18.9. The summed E-state index contributed by atoms with van der Waals surface area (Å²) in [6, 6.07) is 0. The fourth-order valence-electron chi connectivity index (χ4n) is 1.30. The maximum Gasteiger partial charge on any atom is 0.167 e. The third kappa shape index (κ3) is 2.43. The molecule has 8 heteroatoms. The minimum absolute atomic E-state index is 0.270. The largest absolute Gasteiger partial charge is 0.223 e. The minimum Gasteiger partial charge on any atom is -0.223 e. The number of allylic oxidation sites excluding steroid dienone is 2. The topological polar surface area (TPSA) is 25.8 Å². The van der Waals surface area contributed by atoms with Gasteiger partial charge in [-0.15, -0.1) is 0 Å². The molecule has 0 aromatic carbocycles. The SMILES string of the molecule is CC1=C(C)SC(=C2Sc3nc(Cl)c(Cl)nc3S2)S1. The predicted molar refractivity (Wildman–Crippen MR) is 84.3 cm³/mol. The van der Waals surface area contributed by atoms with Crippen LogP contribution in [0.2, 0.25) is 10.3 Å². The summed E-state index contributed by atoms with van der Waals surface area (Å²) in [6.45, 7) is 4.28. The highest BCUT2D eigenvalue weighted by molar-refractivity contribution is 8.32. The third-order valence-electron chi connectivity index (χ3n) is 2.29. The van der Waals surface area contributed by atoms with E-state index in [0.29, 0.717) is 0 Å². The lowest BCUT2D eigenvalue weighted by molar-refractivity contribution is 0.931. The van der Waals surface area contributed by atoms with E-state index >= 15 is 0 Å².